The molecular weight excluding hydrogens is 190 g/mol. The maximum absolute atomic E-state index is 11.9. The SMILES string of the molecule is CC(C)(C)CC(=O)N1CCCN=C(N)C1. The standard InChI is InChI=1S/C11H21N3O/c1-11(2,3)7-10(15)14-6-4-5-13-9(12)8-14/h4-8H2,1-3H3,(H2,12,13). The molecule has 0 bridgehead atoms. The number of nitrogens with two attached hydrogens (primary N) is 1. The first-order valence-corrected chi connectivity index (χ1v) is 5.45. The average molecular weight is 211 g/mol. The molecule has 0 aliphatic carbocycles. The topological polar surface area (TPSA) is 58.7 Å². The lowest BCUT2D eigenvalue weighted by molar-refractivity contribution is -0.132. The highest BCUT2D eigenvalue weighted by Gasteiger charge is 2.22. The minimum absolute atomic E-state index is 0.0370. The molecule has 0 radical (unpaired) electrons. The zero-order valence-electron chi connectivity index (χ0n) is 9.92. The average Bonchev–Trinajstić information content (AvgIpc) is 2.26. The van der Waals surface area contributed by atoms with Crippen molar-refractivity contribution in [3.05, 3.63) is 0 Å². The fourth-order valence-corrected chi connectivity index (χ4v) is 1.59. The van der Waals surface area contributed by atoms with Crippen LogP contribution in [0, 0.1) is 5.41 Å². The van der Waals surface area contributed by atoms with Gasteiger partial charge in [0.25, 0.3) is 0 Å². The highest BCUT2D eigenvalue weighted by molar-refractivity contribution is 5.87. The maximum atomic E-state index is 11.9. The normalized spacial score (nSPS) is 18.3. The van der Waals surface area contributed by atoms with E-state index in [1.54, 1.807) is 0 Å². The summed E-state index contributed by atoms with van der Waals surface area (Å²) in [6.45, 7) is 8.22. The number of hydrogen-bond acceptors (Lipinski definition) is 3. The van der Waals surface area contributed by atoms with Crippen LogP contribution in [0.2, 0.25) is 0 Å². The van der Waals surface area contributed by atoms with E-state index in [4.69, 9.17) is 5.73 Å². The molecule has 4 nitrogen and oxygen atoms in total. The van der Waals surface area contributed by atoms with Gasteiger partial charge in [-0.2, -0.15) is 0 Å². The summed E-state index contributed by atoms with van der Waals surface area (Å²) in [5.74, 6) is 0.761. The van der Waals surface area contributed by atoms with Gasteiger partial charge in [0.15, 0.2) is 0 Å². The number of aliphatic imine (C=N–C) groups is 1. The first kappa shape index (κ1) is 12.0. The molecule has 2 N–H and O–H groups in total. The Labute approximate surface area is 91.5 Å². The molecule has 0 unspecified atom stereocenters. The lowest BCUT2D eigenvalue weighted by Gasteiger charge is -2.25. The second-order valence-corrected chi connectivity index (χ2v) is 5.28. The maximum Gasteiger partial charge on any atom is 0.223 e. The molecule has 0 atom stereocenters. The lowest BCUT2D eigenvalue weighted by atomic mass is 9.91. The van der Waals surface area contributed by atoms with Crippen molar-refractivity contribution in [3.8, 4) is 0 Å². The van der Waals surface area contributed by atoms with Gasteiger partial charge in [0.1, 0.15) is 5.84 Å². The highest BCUT2D eigenvalue weighted by atomic mass is 16.2. The van der Waals surface area contributed by atoms with Crippen molar-refractivity contribution in [1.29, 1.82) is 0 Å². The van der Waals surface area contributed by atoms with E-state index in [1.165, 1.54) is 0 Å². The molecular formula is C11H21N3O. The Morgan fingerprint density at radius 3 is 2.80 bits per heavy atom. The minimum Gasteiger partial charge on any atom is -0.386 e. The number of amides is 1. The van der Waals surface area contributed by atoms with Gasteiger partial charge in [0.2, 0.25) is 5.91 Å². The van der Waals surface area contributed by atoms with Crippen LogP contribution in [0.1, 0.15) is 33.6 Å². The van der Waals surface area contributed by atoms with Crippen molar-refractivity contribution in [2.75, 3.05) is 19.6 Å². The van der Waals surface area contributed by atoms with Crippen LogP contribution in [-0.2, 0) is 4.79 Å². The monoisotopic (exact) mass is 211 g/mol. The van der Waals surface area contributed by atoms with E-state index in [-0.39, 0.29) is 11.3 Å². The molecule has 1 heterocycles. The van der Waals surface area contributed by atoms with E-state index in [0.717, 1.165) is 19.5 Å². The predicted molar refractivity (Wildman–Crippen MR) is 61.8 cm³/mol. The Bertz CT molecular complexity index is 265. The Morgan fingerprint density at radius 2 is 2.20 bits per heavy atom. The second-order valence-electron chi connectivity index (χ2n) is 5.28. The molecule has 0 fully saturated rings. The van der Waals surface area contributed by atoms with Crippen molar-refractivity contribution in [3.63, 3.8) is 0 Å². The Hall–Kier alpha value is -1.06. The van der Waals surface area contributed by atoms with Crippen molar-refractivity contribution >= 4 is 11.7 Å². The van der Waals surface area contributed by atoms with Gasteiger partial charge in [0.05, 0.1) is 6.54 Å². The number of amidine groups is 1. The number of hydrogen-bond donors (Lipinski definition) is 1. The number of nitrogens with zero attached hydrogens (tertiary/aromatic N) is 2. The highest BCUT2D eigenvalue weighted by Crippen LogP contribution is 2.20. The number of rotatable bonds is 1. The van der Waals surface area contributed by atoms with Gasteiger partial charge in [-0.25, -0.2) is 0 Å². The summed E-state index contributed by atoms with van der Waals surface area (Å²) in [5.41, 5.74) is 5.72. The Kier molecular flexibility index (Phi) is 3.72. The van der Waals surface area contributed by atoms with Crippen LogP contribution in [0.4, 0.5) is 0 Å². The molecule has 86 valence electrons. The third-order valence-corrected chi connectivity index (χ3v) is 2.29. The van der Waals surface area contributed by atoms with Crippen LogP contribution < -0.4 is 5.73 Å². The molecule has 1 aliphatic heterocycles. The first-order chi connectivity index (χ1) is 6.88. The van der Waals surface area contributed by atoms with Crippen LogP contribution >= 0.6 is 0 Å². The minimum atomic E-state index is 0.0370. The van der Waals surface area contributed by atoms with E-state index >= 15 is 0 Å². The molecule has 0 saturated heterocycles. The summed E-state index contributed by atoms with van der Waals surface area (Å²) in [5, 5.41) is 0. The van der Waals surface area contributed by atoms with Crippen molar-refractivity contribution < 1.29 is 4.79 Å². The van der Waals surface area contributed by atoms with Crippen LogP contribution in [0.25, 0.3) is 0 Å². The molecule has 0 saturated carbocycles. The van der Waals surface area contributed by atoms with E-state index in [9.17, 15) is 4.79 Å². The van der Waals surface area contributed by atoms with Gasteiger partial charge in [-0.15, -0.1) is 0 Å². The summed E-state index contributed by atoms with van der Waals surface area (Å²) in [6.07, 6.45) is 1.48. The van der Waals surface area contributed by atoms with E-state index in [2.05, 4.69) is 25.8 Å². The van der Waals surface area contributed by atoms with Crippen molar-refractivity contribution in [1.82, 2.24) is 4.90 Å². The van der Waals surface area contributed by atoms with Gasteiger partial charge in [-0.05, 0) is 11.8 Å². The summed E-state index contributed by atoms with van der Waals surface area (Å²) >= 11 is 0. The quantitative estimate of drug-likeness (QED) is 0.703. The van der Waals surface area contributed by atoms with Gasteiger partial charge in [-0.3, -0.25) is 9.79 Å². The molecule has 0 spiro atoms. The molecule has 4 heteroatoms. The Morgan fingerprint density at radius 1 is 1.53 bits per heavy atom. The van der Waals surface area contributed by atoms with Crippen LogP contribution in [0.3, 0.4) is 0 Å². The molecule has 15 heavy (non-hydrogen) atoms. The van der Waals surface area contributed by atoms with Gasteiger partial charge in [-0.1, -0.05) is 20.8 Å². The zero-order valence-corrected chi connectivity index (χ0v) is 9.92. The second kappa shape index (κ2) is 4.64. The fourth-order valence-electron chi connectivity index (χ4n) is 1.59. The third-order valence-electron chi connectivity index (χ3n) is 2.29. The van der Waals surface area contributed by atoms with Gasteiger partial charge in [0, 0.05) is 19.5 Å². The van der Waals surface area contributed by atoms with Gasteiger partial charge < -0.3 is 10.6 Å². The molecule has 1 aliphatic rings. The fraction of sp³-hybridized carbons (Fsp3) is 0.818. The van der Waals surface area contributed by atoms with E-state index in [1.807, 2.05) is 4.90 Å². The van der Waals surface area contributed by atoms with E-state index < -0.39 is 0 Å². The summed E-state index contributed by atoms with van der Waals surface area (Å²) < 4.78 is 0. The van der Waals surface area contributed by atoms with Crippen LogP contribution in [0.5, 0.6) is 0 Å². The largest absolute Gasteiger partial charge is 0.386 e. The molecule has 1 rings (SSSR count). The smallest absolute Gasteiger partial charge is 0.223 e. The molecule has 1 amide bonds. The van der Waals surface area contributed by atoms with Crippen molar-refractivity contribution in [2.45, 2.75) is 33.6 Å². The molecule has 0 aromatic rings. The van der Waals surface area contributed by atoms with Crippen molar-refractivity contribution in [2.24, 2.45) is 16.1 Å². The van der Waals surface area contributed by atoms with Crippen LogP contribution in [-0.4, -0.2) is 36.3 Å². The lowest BCUT2D eigenvalue weighted by Crippen LogP contribution is -2.39. The van der Waals surface area contributed by atoms with Gasteiger partial charge >= 0.3 is 0 Å². The van der Waals surface area contributed by atoms with E-state index in [0.29, 0.717) is 18.8 Å². The Balaban J connectivity index is 2.56. The predicted octanol–water partition coefficient (Wildman–Crippen LogP) is 1.01. The third kappa shape index (κ3) is 4.32. The first-order valence-electron chi connectivity index (χ1n) is 5.45. The summed E-state index contributed by atoms with van der Waals surface area (Å²) in [6, 6.07) is 0. The number of carbonyl (C=O) groups is 1. The molecule has 0 aromatic heterocycles. The summed E-state index contributed by atoms with van der Waals surface area (Å²) in [7, 11) is 0. The zero-order chi connectivity index (χ0) is 11.5. The number of carbonyl (C=O) groups excluding carboxylic acids is 1. The summed E-state index contributed by atoms with van der Waals surface area (Å²) in [4.78, 5) is 17.9. The molecule has 0 aromatic carbocycles. The van der Waals surface area contributed by atoms with Crippen LogP contribution in [0.15, 0.2) is 4.99 Å².